The molecule has 0 aliphatic carbocycles. The van der Waals surface area contributed by atoms with E-state index in [1.807, 2.05) is 0 Å². The Morgan fingerprint density at radius 3 is 1.94 bits per heavy atom. The second-order valence-electron chi connectivity index (χ2n) is 6.22. The monoisotopic (exact) mass is 491 g/mol. The first-order chi connectivity index (χ1) is 13.7. The van der Waals surface area contributed by atoms with Crippen molar-refractivity contribution in [3.8, 4) is 0 Å². The molecule has 0 rings (SSSR count). The summed E-state index contributed by atoms with van der Waals surface area (Å²) in [6.07, 6.45) is -8.10. The third-order valence-electron chi connectivity index (χ3n) is 3.76. The van der Waals surface area contributed by atoms with E-state index < -0.39 is 64.2 Å². The van der Waals surface area contributed by atoms with Crippen LogP contribution < -0.4 is 0 Å². The van der Waals surface area contributed by atoms with Crippen LogP contribution in [0.15, 0.2) is 12.7 Å². The fourth-order valence-corrected chi connectivity index (χ4v) is 2.65. The quantitative estimate of drug-likeness (QED) is 0.156. The van der Waals surface area contributed by atoms with Crippen LogP contribution in [0, 0.1) is 0 Å². The first-order valence-corrected chi connectivity index (χ1v) is 9.75. The molecule has 16 heteroatoms. The normalized spacial score (nSPS) is 15.4. The van der Waals surface area contributed by atoms with Crippen molar-refractivity contribution >= 4 is 22.0 Å². The minimum absolute atomic E-state index is 0.198. The molecule has 0 spiro atoms. The van der Waals surface area contributed by atoms with Gasteiger partial charge in [0.2, 0.25) is 0 Å². The second kappa shape index (κ2) is 9.68. The Morgan fingerprint density at radius 1 is 1.13 bits per heavy atom. The van der Waals surface area contributed by atoms with Gasteiger partial charge < -0.3 is 14.4 Å². The minimum Gasteiger partial charge on any atom is -0.412 e. The number of likely N-dealkylation sites (N-methyl/N-ethyl adjacent to an activating group) is 1. The molecular formula is C15H20F7NO7S. The molecule has 1 atom stereocenters. The summed E-state index contributed by atoms with van der Waals surface area (Å²) in [4.78, 5) is 24.5. The van der Waals surface area contributed by atoms with E-state index in [9.17, 15) is 48.7 Å². The largest absolute Gasteiger partial charge is 0.466 e. The maximum absolute atomic E-state index is 13.8. The van der Waals surface area contributed by atoms with Gasteiger partial charge in [-0.1, -0.05) is 6.58 Å². The van der Waals surface area contributed by atoms with Crippen LogP contribution in [0.5, 0.6) is 0 Å². The average molecular weight is 491 g/mol. The van der Waals surface area contributed by atoms with Crippen LogP contribution in [0.25, 0.3) is 0 Å². The van der Waals surface area contributed by atoms with E-state index in [1.54, 1.807) is 0 Å². The Labute approximate surface area is 172 Å². The highest BCUT2D eigenvalue weighted by molar-refractivity contribution is 7.87. The highest BCUT2D eigenvalue weighted by Crippen LogP contribution is 2.42. The Kier molecular flexibility index (Phi) is 9.08. The Balaban J connectivity index is 6.22. The number of alkyl halides is 7. The van der Waals surface area contributed by atoms with Crippen LogP contribution >= 0.6 is 0 Å². The molecule has 0 aromatic heterocycles. The van der Waals surface area contributed by atoms with E-state index in [2.05, 4.69) is 16.1 Å². The van der Waals surface area contributed by atoms with Gasteiger partial charge in [-0.25, -0.2) is 4.79 Å². The van der Waals surface area contributed by atoms with Crippen molar-refractivity contribution < 1.29 is 62.8 Å². The number of halogens is 7. The number of amides is 1. The van der Waals surface area contributed by atoms with Gasteiger partial charge in [0.15, 0.2) is 0 Å². The molecule has 0 saturated heterocycles. The molecule has 0 aliphatic rings. The summed E-state index contributed by atoms with van der Waals surface area (Å²) in [5.74, 6) is -14.1. The van der Waals surface area contributed by atoms with Crippen molar-refractivity contribution in [2.45, 2.75) is 56.4 Å². The van der Waals surface area contributed by atoms with Crippen LogP contribution in [0.2, 0.25) is 0 Å². The fourth-order valence-electron chi connectivity index (χ4n) is 2.17. The number of carbonyl (C=O) groups excluding carboxylic acids is 2. The van der Waals surface area contributed by atoms with Gasteiger partial charge in [0.1, 0.15) is 0 Å². The molecule has 8 nitrogen and oxygen atoms in total. The lowest BCUT2D eigenvalue weighted by Gasteiger charge is -2.38. The topological polar surface area (TPSA) is 110 Å². The van der Waals surface area contributed by atoms with Crippen LogP contribution in [0.4, 0.5) is 30.7 Å². The van der Waals surface area contributed by atoms with Crippen molar-refractivity contribution in [1.82, 2.24) is 4.90 Å². The summed E-state index contributed by atoms with van der Waals surface area (Å²) in [7, 11) is -6.66. The van der Waals surface area contributed by atoms with Gasteiger partial charge in [-0.3, -0.25) is 9.35 Å². The first kappa shape index (κ1) is 29.1. The van der Waals surface area contributed by atoms with Crippen molar-refractivity contribution in [1.29, 1.82) is 0 Å². The molecule has 0 fully saturated rings. The predicted octanol–water partition coefficient (Wildman–Crippen LogP) is 2.75. The van der Waals surface area contributed by atoms with E-state index >= 15 is 0 Å². The maximum Gasteiger partial charge on any atom is 0.466 e. The molecule has 0 aliphatic heterocycles. The third kappa shape index (κ3) is 6.06. The lowest BCUT2D eigenvalue weighted by Crippen LogP contribution is -2.63. The van der Waals surface area contributed by atoms with Gasteiger partial charge >= 0.3 is 45.1 Å². The van der Waals surface area contributed by atoms with Crippen LogP contribution in [-0.4, -0.2) is 72.1 Å². The van der Waals surface area contributed by atoms with Crippen LogP contribution in [0.3, 0.4) is 0 Å². The molecule has 0 aromatic carbocycles. The lowest BCUT2D eigenvalue weighted by molar-refractivity contribution is -0.353. The van der Waals surface area contributed by atoms with Gasteiger partial charge in [-0.05, 0) is 20.8 Å². The fraction of sp³-hybridized carbons (Fsp3) is 0.733. The van der Waals surface area contributed by atoms with E-state index in [0.717, 1.165) is 0 Å². The summed E-state index contributed by atoms with van der Waals surface area (Å²) in [6.45, 7) is 4.16. The number of hydrogen-bond acceptors (Lipinski definition) is 6. The summed E-state index contributed by atoms with van der Waals surface area (Å²) in [5.41, 5.74) is 0. The molecule has 0 saturated carbocycles. The standard InChI is InChI=1S/C15H20F7NO7S/c1-5-10(24)30-13(14(18,19)20,11(25)23(6-2)9(3)4)29-8-7-12(16,17)15(21,22)31(26,27)28/h5,9H,1,6-8H2,2-4H3,(H,26,27,28)/t13-/m1/s1. The zero-order valence-electron chi connectivity index (χ0n) is 16.4. The number of esters is 1. The highest BCUT2D eigenvalue weighted by Gasteiger charge is 2.69. The number of carbonyl (C=O) groups is 2. The number of ether oxygens (including phenoxy) is 2. The number of rotatable bonds is 11. The first-order valence-electron chi connectivity index (χ1n) is 8.31. The smallest absolute Gasteiger partial charge is 0.412 e. The number of nitrogens with zero attached hydrogens (tertiary/aromatic N) is 1. The Bertz CT molecular complexity index is 783. The van der Waals surface area contributed by atoms with Gasteiger partial charge in [-0.2, -0.15) is 39.2 Å². The highest BCUT2D eigenvalue weighted by atomic mass is 32.2. The molecule has 0 unspecified atom stereocenters. The van der Waals surface area contributed by atoms with E-state index in [1.165, 1.54) is 20.8 Å². The third-order valence-corrected chi connectivity index (χ3v) is 4.71. The molecule has 182 valence electrons. The molecular weight excluding hydrogens is 471 g/mol. The van der Waals surface area contributed by atoms with Crippen LogP contribution in [-0.2, 0) is 29.2 Å². The van der Waals surface area contributed by atoms with Crippen LogP contribution in [0.1, 0.15) is 27.2 Å². The molecule has 31 heavy (non-hydrogen) atoms. The SMILES string of the molecule is C=CC(=O)O[C@](OCCC(F)(F)C(F)(F)S(=O)(=O)O)(C(=O)N(CC)C(C)C)C(F)(F)F. The van der Waals surface area contributed by atoms with Crippen molar-refractivity contribution in [3.05, 3.63) is 12.7 Å². The summed E-state index contributed by atoms with van der Waals surface area (Å²) >= 11 is 0. The predicted molar refractivity (Wildman–Crippen MR) is 89.6 cm³/mol. The van der Waals surface area contributed by atoms with Gasteiger partial charge in [0.05, 0.1) is 6.61 Å². The molecule has 0 bridgehead atoms. The van der Waals surface area contributed by atoms with E-state index in [4.69, 9.17) is 4.55 Å². The second-order valence-corrected chi connectivity index (χ2v) is 7.68. The average Bonchev–Trinajstić information content (AvgIpc) is 2.58. The zero-order valence-corrected chi connectivity index (χ0v) is 17.2. The van der Waals surface area contributed by atoms with Crippen molar-refractivity contribution in [3.63, 3.8) is 0 Å². The van der Waals surface area contributed by atoms with Crippen molar-refractivity contribution in [2.75, 3.05) is 13.2 Å². The summed E-state index contributed by atoms with van der Waals surface area (Å²) < 4.78 is 132. The Morgan fingerprint density at radius 2 is 1.61 bits per heavy atom. The van der Waals surface area contributed by atoms with E-state index in [0.29, 0.717) is 4.90 Å². The zero-order chi connectivity index (χ0) is 25.1. The summed E-state index contributed by atoms with van der Waals surface area (Å²) in [5, 5.41) is -6.08. The molecule has 1 N–H and O–H groups in total. The molecule has 0 radical (unpaired) electrons. The molecule has 0 heterocycles. The summed E-state index contributed by atoms with van der Waals surface area (Å²) in [6, 6.07) is -0.935. The molecule has 1 amide bonds. The maximum atomic E-state index is 13.8. The lowest BCUT2D eigenvalue weighted by atomic mass is 10.1. The number of hydrogen-bond donors (Lipinski definition) is 1. The minimum atomic E-state index is -6.66. The van der Waals surface area contributed by atoms with Gasteiger partial charge in [0.25, 0.3) is 0 Å². The van der Waals surface area contributed by atoms with Gasteiger partial charge in [0, 0.05) is 25.1 Å². The van der Waals surface area contributed by atoms with Gasteiger partial charge in [-0.15, -0.1) is 0 Å². The van der Waals surface area contributed by atoms with Crippen molar-refractivity contribution in [2.24, 2.45) is 0 Å². The molecule has 0 aromatic rings. The Hall–Kier alpha value is -1.94. The van der Waals surface area contributed by atoms with E-state index in [-0.39, 0.29) is 12.6 Å².